The normalized spacial score (nSPS) is 11.0. The highest BCUT2D eigenvalue weighted by Gasteiger charge is 2.20. The van der Waals surface area contributed by atoms with E-state index in [4.69, 9.17) is 0 Å². The Balaban J connectivity index is 1.92. The summed E-state index contributed by atoms with van der Waals surface area (Å²) in [6, 6.07) is 17.5. The smallest absolute Gasteiger partial charge is 0.319 e. The van der Waals surface area contributed by atoms with Gasteiger partial charge in [0.2, 0.25) is 0 Å². The quantitative estimate of drug-likeness (QED) is 0.837. The van der Waals surface area contributed by atoms with Crippen molar-refractivity contribution in [3.63, 3.8) is 0 Å². The third-order valence-electron chi connectivity index (χ3n) is 3.33. The SMILES string of the molecule is CC(C)(CNC(=O)Nc1cccc(Br)c1)c1ccccc1. The third-order valence-corrected chi connectivity index (χ3v) is 3.82. The summed E-state index contributed by atoms with van der Waals surface area (Å²) in [5.74, 6) is 0. The van der Waals surface area contributed by atoms with E-state index in [1.54, 1.807) is 0 Å². The zero-order valence-corrected chi connectivity index (χ0v) is 13.8. The number of nitrogens with one attached hydrogen (secondary N) is 2. The van der Waals surface area contributed by atoms with Gasteiger partial charge in [0.15, 0.2) is 0 Å². The first-order valence-corrected chi connectivity index (χ1v) is 7.63. The van der Waals surface area contributed by atoms with Crippen molar-refractivity contribution < 1.29 is 4.79 Å². The van der Waals surface area contributed by atoms with Crippen LogP contribution in [0.1, 0.15) is 19.4 Å². The number of anilines is 1. The lowest BCUT2D eigenvalue weighted by Crippen LogP contribution is -2.38. The molecule has 0 heterocycles. The molecule has 3 nitrogen and oxygen atoms in total. The van der Waals surface area contributed by atoms with Crippen molar-refractivity contribution in [3.05, 3.63) is 64.6 Å². The van der Waals surface area contributed by atoms with Crippen molar-refractivity contribution in [2.45, 2.75) is 19.3 Å². The molecule has 0 spiro atoms. The fourth-order valence-electron chi connectivity index (χ4n) is 2.03. The molecule has 2 rings (SSSR count). The van der Waals surface area contributed by atoms with Crippen LogP contribution in [0.4, 0.5) is 10.5 Å². The van der Waals surface area contributed by atoms with Gasteiger partial charge >= 0.3 is 6.03 Å². The molecule has 4 heteroatoms. The summed E-state index contributed by atoms with van der Waals surface area (Å²) >= 11 is 3.38. The monoisotopic (exact) mass is 346 g/mol. The molecule has 0 aliphatic carbocycles. The van der Waals surface area contributed by atoms with Crippen LogP contribution in [0, 0.1) is 0 Å². The Labute approximate surface area is 133 Å². The largest absolute Gasteiger partial charge is 0.337 e. The van der Waals surface area contributed by atoms with E-state index in [2.05, 4.69) is 52.5 Å². The first kappa shape index (κ1) is 15.6. The fourth-order valence-corrected chi connectivity index (χ4v) is 2.43. The number of amides is 2. The van der Waals surface area contributed by atoms with Gasteiger partial charge in [-0.25, -0.2) is 4.79 Å². The zero-order valence-electron chi connectivity index (χ0n) is 12.2. The molecule has 2 aromatic carbocycles. The van der Waals surface area contributed by atoms with E-state index in [0.717, 1.165) is 10.2 Å². The zero-order chi connectivity index (χ0) is 15.3. The van der Waals surface area contributed by atoms with Crippen molar-refractivity contribution in [3.8, 4) is 0 Å². The average molecular weight is 347 g/mol. The Morgan fingerprint density at radius 3 is 2.48 bits per heavy atom. The van der Waals surface area contributed by atoms with Crippen LogP contribution in [0.25, 0.3) is 0 Å². The number of carbonyl (C=O) groups is 1. The molecule has 0 saturated heterocycles. The summed E-state index contributed by atoms with van der Waals surface area (Å²) in [5, 5.41) is 5.75. The van der Waals surface area contributed by atoms with E-state index in [9.17, 15) is 4.79 Å². The van der Waals surface area contributed by atoms with Crippen molar-refractivity contribution in [2.75, 3.05) is 11.9 Å². The molecule has 2 N–H and O–H groups in total. The molecular weight excluding hydrogens is 328 g/mol. The topological polar surface area (TPSA) is 41.1 Å². The summed E-state index contributed by atoms with van der Waals surface area (Å²) < 4.78 is 0.935. The van der Waals surface area contributed by atoms with Gasteiger partial charge in [0.1, 0.15) is 0 Å². The van der Waals surface area contributed by atoms with E-state index in [1.807, 2.05) is 42.5 Å². The van der Waals surface area contributed by atoms with Crippen LogP contribution in [0.3, 0.4) is 0 Å². The van der Waals surface area contributed by atoms with Crippen molar-refractivity contribution >= 4 is 27.6 Å². The highest BCUT2D eigenvalue weighted by molar-refractivity contribution is 9.10. The van der Waals surface area contributed by atoms with Crippen LogP contribution in [-0.4, -0.2) is 12.6 Å². The Morgan fingerprint density at radius 1 is 1.10 bits per heavy atom. The molecule has 0 atom stereocenters. The molecule has 0 unspecified atom stereocenters. The number of carbonyl (C=O) groups excluding carboxylic acids is 1. The molecule has 0 fully saturated rings. The Kier molecular flexibility index (Phi) is 5.02. The van der Waals surface area contributed by atoms with Crippen molar-refractivity contribution in [1.82, 2.24) is 5.32 Å². The molecule has 0 aliphatic rings. The van der Waals surface area contributed by atoms with Gasteiger partial charge in [0, 0.05) is 22.1 Å². The second-order valence-corrected chi connectivity index (χ2v) is 6.48. The Hall–Kier alpha value is -1.81. The molecule has 2 amide bonds. The number of rotatable bonds is 4. The molecule has 0 radical (unpaired) electrons. The molecule has 2 aromatic rings. The average Bonchev–Trinajstić information content (AvgIpc) is 2.46. The van der Waals surface area contributed by atoms with Gasteiger partial charge in [-0.2, -0.15) is 0 Å². The molecule has 21 heavy (non-hydrogen) atoms. The number of halogens is 1. The van der Waals surface area contributed by atoms with E-state index >= 15 is 0 Å². The first-order valence-electron chi connectivity index (χ1n) is 6.83. The van der Waals surface area contributed by atoms with Crippen LogP contribution in [0.15, 0.2) is 59.1 Å². The molecule has 0 aromatic heterocycles. The van der Waals surface area contributed by atoms with E-state index in [1.165, 1.54) is 5.56 Å². The number of hydrogen-bond donors (Lipinski definition) is 2. The Morgan fingerprint density at radius 2 is 1.81 bits per heavy atom. The maximum absolute atomic E-state index is 12.0. The second-order valence-electron chi connectivity index (χ2n) is 5.57. The standard InChI is InChI=1S/C17H19BrN2O/c1-17(2,13-7-4-3-5-8-13)12-19-16(21)20-15-10-6-9-14(18)11-15/h3-11H,12H2,1-2H3,(H2,19,20,21). The summed E-state index contributed by atoms with van der Waals surface area (Å²) in [5.41, 5.74) is 1.85. The minimum Gasteiger partial charge on any atom is -0.337 e. The van der Waals surface area contributed by atoms with Gasteiger partial charge in [-0.3, -0.25) is 0 Å². The van der Waals surface area contributed by atoms with Gasteiger partial charge in [-0.1, -0.05) is 66.2 Å². The summed E-state index contributed by atoms with van der Waals surface area (Å²) in [7, 11) is 0. The number of urea groups is 1. The van der Waals surface area contributed by atoms with Gasteiger partial charge in [0.25, 0.3) is 0 Å². The molecule has 0 aliphatic heterocycles. The van der Waals surface area contributed by atoms with Crippen LogP contribution < -0.4 is 10.6 Å². The van der Waals surface area contributed by atoms with Crippen LogP contribution in [-0.2, 0) is 5.41 Å². The van der Waals surface area contributed by atoms with Crippen LogP contribution in [0.2, 0.25) is 0 Å². The van der Waals surface area contributed by atoms with E-state index < -0.39 is 0 Å². The van der Waals surface area contributed by atoms with Gasteiger partial charge in [-0.15, -0.1) is 0 Å². The maximum atomic E-state index is 12.0. The van der Waals surface area contributed by atoms with E-state index in [0.29, 0.717) is 6.54 Å². The minimum absolute atomic E-state index is 0.115. The highest BCUT2D eigenvalue weighted by atomic mass is 79.9. The lowest BCUT2D eigenvalue weighted by atomic mass is 9.85. The number of hydrogen-bond acceptors (Lipinski definition) is 1. The first-order chi connectivity index (χ1) is 9.97. The predicted molar refractivity (Wildman–Crippen MR) is 90.6 cm³/mol. The molecule has 110 valence electrons. The van der Waals surface area contributed by atoms with Crippen molar-refractivity contribution in [1.29, 1.82) is 0 Å². The predicted octanol–water partition coefficient (Wildman–Crippen LogP) is 4.55. The second kappa shape index (κ2) is 6.76. The van der Waals surface area contributed by atoms with Gasteiger partial charge in [-0.05, 0) is 23.8 Å². The van der Waals surface area contributed by atoms with Crippen molar-refractivity contribution in [2.24, 2.45) is 0 Å². The maximum Gasteiger partial charge on any atom is 0.319 e. The summed E-state index contributed by atoms with van der Waals surface area (Å²) in [6.07, 6.45) is 0. The number of benzene rings is 2. The van der Waals surface area contributed by atoms with Crippen LogP contribution >= 0.6 is 15.9 Å². The molecule has 0 saturated carbocycles. The molecule has 0 bridgehead atoms. The Bertz CT molecular complexity index is 611. The lowest BCUT2D eigenvalue weighted by molar-refractivity contribution is 0.249. The highest BCUT2D eigenvalue weighted by Crippen LogP contribution is 2.21. The van der Waals surface area contributed by atoms with Crippen LogP contribution in [0.5, 0.6) is 0 Å². The minimum atomic E-state index is -0.197. The fraction of sp³-hybridized carbons (Fsp3) is 0.235. The lowest BCUT2D eigenvalue weighted by Gasteiger charge is -2.25. The van der Waals surface area contributed by atoms with Gasteiger partial charge in [0.05, 0.1) is 0 Å². The molecular formula is C17H19BrN2O. The summed E-state index contributed by atoms with van der Waals surface area (Å²) in [4.78, 5) is 12.0. The van der Waals surface area contributed by atoms with E-state index in [-0.39, 0.29) is 11.4 Å². The third kappa shape index (κ3) is 4.60. The van der Waals surface area contributed by atoms with Gasteiger partial charge < -0.3 is 10.6 Å². The summed E-state index contributed by atoms with van der Waals surface area (Å²) in [6.45, 7) is 4.79.